The molecule has 4 rings (SSSR count). The summed E-state index contributed by atoms with van der Waals surface area (Å²) in [4.78, 5) is 0. The van der Waals surface area contributed by atoms with Gasteiger partial charge in [0.25, 0.3) is 0 Å². The van der Waals surface area contributed by atoms with Gasteiger partial charge in [-0.3, -0.25) is 0 Å². The van der Waals surface area contributed by atoms with E-state index in [1.165, 1.54) is 36.8 Å². The van der Waals surface area contributed by atoms with Gasteiger partial charge in [0.1, 0.15) is 0 Å². The summed E-state index contributed by atoms with van der Waals surface area (Å²) in [6, 6.07) is 6.60. The maximum atomic E-state index is 5.81. The zero-order valence-corrected chi connectivity index (χ0v) is 15.6. The third-order valence-electron chi connectivity index (χ3n) is 5.21. The minimum Gasteiger partial charge on any atom is -0.376 e. The van der Waals surface area contributed by atoms with E-state index < -0.39 is 0 Å². The molecule has 1 aromatic heterocycles. The van der Waals surface area contributed by atoms with Crippen LogP contribution in [0, 0.1) is 17.8 Å². The van der Waals surface area contributed by atoms with E-state index in [1.807, 2.05) is 4.68 Å². The average Bonchev–Trinajstić information content (AvgIpc) is 3.41. The molecular weight excluding hydrogens is 322 g/mol. The van der Waals surface area contributed by atoms with Crippen LogP contribution < -0.4 is 0 Å². The highest BCUT2D eigenvalue weighted by atomic mass is 16.5. The molecule has 1 aliphatic carbocycles. The largest absolute Gasteiger partial charge is 0.376 e. The Morgan fingerprint density at radius 3 is 2.88 bits per heavy atom. The molecule has 1 aliphatic heterocycles. The predicted molar refractivity (Wildman–Crippen MR) is 102 cm³/mol. The molecule has 0 radical (unpaired) electrons. The van der Waals surface area contributed by atoms with Crippen LogP contribution in [0.2, 0.25) is 0 Å². The Hall–Kier alpha value is -2.12. The number of benzene rings is 1. The van der Waals surface area contributed by atoms with E-state index in [2.05, 4.69) is 53.5 Å². The molecule has 2 fully saturated rings. The van der Waals surface area contributed by atoms with Crippen molar-refractivity contribution in [2.24, 2.45) is 5.92 Å². The van der Waals surface area contributed by atoms with Gasteiger partial charge in [-0.2, -0.15) is 0 Å². The number of hydrogen-bond donors (Lipinski definition) is 0. The summed E-state index contributed by atoms with van der Waals surface area (Å²) in [6.45, 7) is 3.88. The standard InChI is InChI=1S/C22H27N3O/c1-2-19-11-10-18(9-8-17-6-7-17)13-20(19)14-21-15-25(24-23-21)16-22-5-3-4-12-26-22/h10-11,13,15,17,22H,2-7,12,14,16H2,1H3. The van der Waals surface area contributed by atoms with Crippen molar-refractivity contribution in [3.05, 3.63) is 46.8 Å². The fourth-order valence-electron chi connectivity index (χ4n) is 3.49. The molecule has 2 aliphatic rings. The van der Waals surface area contributed by atoms with E-state index in [0.29, 0.717) is 5.92 Å². The molecule has 1 unspecified atom stereocenters. The molecule has 2 heterocycles. The molecule has 4 nitrogen and oxygen atoms in total. The monoisotopic (exact) mass is 349 g/mol. The lowest BCUT2D eigenvalue weighted by molar-refractivity contribution is 0.00370. The third-order valence-corrected chi connectivity index (χ3v) is 5.21. The third kappa shape index (κ3) is 4.53. The van der Waals surface area contributed by atoms with E-state index in [4.69, 9.17) is 4.74 Å². The lowest BCUT2D eigenvalue weighted by Gasteiger charge is -2.21. The van der Waals surface area contributed by atoms with Gasteiger partial charge in [0, 0.05) is 30.7 Å². The second-order valence-electron chi connectivity index (χ2n) is 7.48. The Morgan fingerprint density at radius 1 is 1.19 bits per heavy atom. The number of aromatic nitrogens is 3. The number of rotatable bonds is 5. The van der Waals surface area contributed by atoms with Gasteiger partial charge in [-0.15, -0.1) is 5.10 Å². The zero-order chi connectivity index (χ0) is 17.8. The molecule has 1 saturated carbocycles. The summed E-state index contributed by atoms with van der Waals surface area (Å²) < 4.78 is 7.75. The maximum absolute atomic E-state index is 5.81. The van der Waals surface area contributed by atoms with Crippen molar-refractivity contribution in [1.29, 1.82) is 0 Å². The van der Waals surface area contributed by atoms with Crippen LogP contribution in [0.15, 0.2) is 24.4 Å². The van der Waals surface area contributed by atoms with E-state index >= 15 is 0 Å². The van der Waals surface area contributed by atoms with Crippen molar-refractivity contribution < 1.29 is 4.74 Å². The molecule has 26 heavy (non-hydrogen) atoms. The Bertz CT molecular complexity index is 804. The van der Waals surface area contributed by atoms with Crippen molar-refractivity contribution in [2.75, 3.05) is 6.61 Å². The highest BCUT2D eigenvalue weighted by molar-refractivity contribution is 5.43. The summed E-state index contributed by atoms with van der Waals surface area (Å²) >= 11 is 0. The lowest BCUT2D eigenvalue weighted by atomic mass is 9.98. The molecule has 0 bridgehead atoms. The van der Waals surface area contributed by atoms with Gasteiger partial charge < -0.3 is 4.74 Å². The van der Waals surface area contributed by atoms with Crippen molar-refractivity contribution in [1.82, 2.24) is 15.0 Å². The van der Waals surface area contributed by atoms with E-state index in [0.717, 1.165) is 43.7 Å². The molecule has 4 heteroatoms. The molecule has 0 N–H and O–H groups in total. The molecule has 2 aromatic rings. The van der Waals surface area contributed by atoms with Crippen molar-refractivity contribution in [2.45, 2.75) is 64.5 Å². The molecule has 0 spiro atoms. The topological polar surface area (TPSA) is 39.9 Å². The predicted octanol–water partition coefficient (Wildman–Crippen LogP) is 3.76. The normalized spacial score (nSPS) is 19.8. The second kappa shape index (κ2) is 8.05. The first-order valence-electron chi connectivity index (χ1n) is 9.94. The van der Waals surface area contributed by atoms with Crippen LogP contribution in [-0.2, 0) is 24.1 Å². The average molecular weight is 349 g/mol. The quantitative estimate of drug-likeness (QED) is 0.772. The summed E-state index contributed by atoms with van der Waals surface area (Å²) in [5, 5.41) is 8.70. The van der Waals surface area contributed by atoms with Gasteiger partial charge in [-0.1, -0.05) is 30.0 Å². The molecule has 0 amide bonds. The number of aryl methyl sites for hydroxylation is 1. The van der Waals surface area contributed by atoms with E-state index in [1.54, 1.807) is 0 Å². The first-order valence-corrected chi connectivity index (χ1v) is 9.94. The van der Waals surface area contributed by atoms with Crippen molar-refractivity contribution in [3.63, 3.8) is 0 Å². The van der Waals surface area contributed by atoms with E-state index in [-0.39, 0.29) is 6.10 Å². The molecule has 1 aromatic carbocycles. The number of ether oxygens (including phenoxy) is 1. The van der Waals surface area contributed by atoms with Crippen LogP contribution >= 0.6 is 0 Å². The van der Waals surface area contributed by atoms with Crippen LogP contribution in [0.1, 0.15) is 61.4 Å². The summed E-state index contributed by atoms with van der Waals surface area (Å²) in [5.74, 6) is 7.32. The van der Waals surface area contributed by atoms with Crippen LogP contribution in [-0.4, -0.2) is 27.7 Å². The molecule has 136 valence electrons. The fourth-order valence-corrected chi connectivity index (χ4v) is 3.49. The van der Waals surface area contributed by atoms with Crippen LogP contribution in [0.25, 0.3) is 0 Å². The van der Waals surface area contributed by atoms with Gasteiger partial charge in [0.05, 0.1) is 18.3 Å². The Labute approximate surface area is 155 Å². The smallest absolute Gasteiger partial charge is 0.0870 e. The van der Waals surface area contributed by atoms with Gasteiger partial charge >= 0.3 is 0 Å². The summed E-state index contributed by atoms with van der Waals surface area (Å²) in [7, 11) is 0. The second-order valence-corrected chi connectivity index (χ2v) is 7.48. The van der Waals surface area contributed by atoms with Crippen molar-refractivity contribution in [3.8, 4) is 11.8 Å². The minimum atomic E-state index is 0.283. The Balaban J connectivity index is 1.45. The molecular formula is C22H27N3O. The van der Waals surface area contributed by atoms with Gasteiger partial charge in [-0.05, 0) is 61.8 Å². The van der Waals surface area contributed by atoms with Crippen LogP contribution in [0.5, 0.6) is 0 Å². The number of nitrogens with zero attached hydrogens (tertiary/aromatic N) is 3. The molecule has 1 atom stereocenters. The SMILES string of the molecule is CCc1ccc(C#CC2CC2)cc1Cc1cn(CC2CCCCO2)nn1. The zero-order valence-electron chi connectivity index (χ0n) is 15.6. The van der Waals surface area contributed by atoms with Gasteiger partial charge in [-0.25, -0.2) is 4.68 Å². The Kier molecular flexibility index (Phi) is 5.36. The first kappa shape index (κ1) is 17.3. The highest BCUT2D eigenvalue weighted by Gasteiger charge is 2.18. The van der Waals surface area contributed by atoms with Crippen LogP contribution in [0.4, 0.5) is 0 Å². The molecule has 1 saturated heterocycles. The first-order chi connectivity index (χ1) is 12.8. The van der Waals surface area contributed by atoms with Crippen LogP contribution in [0.3, 0.4) is 0 Å². The van der Waals surface area contributed by atoms with Crippen molar-refractivity contribution >= 4 is 0 Å². The fraction of sp³-hybridized carbons (Fsp3) is 0.545. The van der Waals surface area contributed by atoms with E-state index in [9.17, 15) is 0 Å². The Morgan fingerprint density at radius 2 is 2.12 bits per heavy atom. The minimum absolute atomic E-state index is 0.283. The van der Waals surface area contributed by atoms with Gasteiger partial charge in [0.2, 0.25) is 0 Å². The summed E-state index contributed by atoms with van der Waals surface area (Å²) in [6.07, 6.45) is 10.3. The maximum Gasteiger partial charge on any atom is 0.0870 e. The van der Waals surface area contributed by atoms with Gasteiger partial charge in [0.15, 0.2) is 0 Å². The number of hydrogen-bond acceptors (Lipinski definition) is 3. The summed E-state index contributed by atoms with van der Waals surface area (Å²) in [5.41, 5.74) is 4.82. The lowest BCUT2D eigenvalue weighted by Crippen LogP contribution is -2.24. The highest BCUT2D eigenvalue weighted by Crippen LogP contribution is 2.27.